The Labute approximate surface area is 207 Å². The normalized spacial score (nSPS) is 13.6. The third-order valence-corrected chi connectivity index (χ3v) is 6.28. The number of aromatic nitrogens is 5. The van der Waals surface area contributed by atoms with Crippen molar-refractivity contribution < 1.29 is 9.42 Å². The monoisotopic (exact) mass is 494 g/mol. The molecule has 1 fully saturated rings. The Morgan fingerprint density at radius 3 is 2.80 bits per heavy atom. The van der Waals surface area contributed by atoms with Crippen LogP contribution in [0, 0.1) is 5.92 Å². The number of nitrogens with two attached hydrogens (primary N) is 1. The molecule has 3 aromatic heterocycles. The summed E-state index contributed by atoms with van der Waals surface area (Å²) in [5.74, 6) is 0.938. The highest BCUT2D eigenvalue weighted by molar-refractivity contribution is 6.30. The number of imidazole rings is 1. The van der Waals surface area contributed by atoms with Crippen molar-refractivity contribution in [1.82, 2.24) is 35.1 Å². The highest BCUT2D eigenvalue weighted by Crippen LogP contribution is 2.38. The van der Waals surface area contributed by atoms with Gasteiger partial charge < -0.3 is 20.5 Å². The molecule has 10 nitrogen and oxygen atoms in total. The summed E-state index contributed by atoms with van der Waals surface area (Å²) in [6, 6.07) is 7.41. The molecule has 0 atom stereocenters. The summed E-state index contributed by atoms with van der Waals surface area (Å²) in [6.07, 6.45) is 4.68. The summed E-state index contributed by atoms with van der Waals surface area (Å²) in [6.45, 7) is 2.11. The minimum absolute atomic E-state index is 0.143. The van der Waals surface area contributed by atoms with E-state index in [2.05, 4.69) is 25.5 Å². The van der Waals surface area contributed by atoms with Gasteiger partial charge in [0.05, 0.1) is 16.8 Å². The molecule has 1 amide bonds. The molecule has 5 rings (SSSR count). The molecule has 0 spiro atoms. The lowest BCUT2D eigenvalue weighted by Crippen LogP contribution is -2.27. The average Bonchev–Trinajstić information content (AvgIpc) is 3.44. The largest absolute Gasteiger partial charge is 0.379 e. The lowest BCUT2D eigenvalue weighted by Gasteiger charge is -2.13. The topological polar surface area (TPSA) is 128 Å². The van der Waals surface area contributed by atoms with Gasteiger partial charge in [0.25, 0.3) is 5.91 Å². The number of nitrogens with one attached hydrogen (secondary N) is 1. The number of amides is 1. The van der Waals surface area contributed by atoms with Gasteiger partial charge in [-0.15, -0.1) is 0 Å². The highest BCUT2D eigenvalue weighted by Gasteiger charge is 2.30. The van der Waals surface area contributed by atoms with Crippen molar-refractivity contribution in [1.29, 1.82) is 0 Å². The Morgan fingerprint density at radius 1 is 1.29 bits per heavy atom. The molecular formula is C24H27ClN8O2. The predicted molar refractivity (Wildman–Crippen MR) is 134 cm³/mol. The van der Waals surface area contributed by atoms with Crippen molar-refractivity contribution in [3.8, 4) is 22.8 Å². The lowest BCUT2D eigenvalue weighted by atomic mass is 10.1. The molecule has 182 valence electrons. The number of hydrogen-bond acceptors (Lipinski definition) is 8. The van der Waals surface area contributed by atoms with Gasteiger partial charge >= 0.3 is 0 Å². The summed E-state index contributed by atoms with van der Waals surface area (Å²) in [4.78, 5) is 25.0. The smallest absolute Gasteiger partial charge is 0.255 e. The fraction of sp³-hybridized carbons (Fsp3) is 0.375. The van der Waals surface area contributed by atoms with E-state index in [1.165, 1.54) is 0 Å². The molecule has 0 bridgehead atoms. The quantitative estimate of drug-likeness (QED) is 0.338. The second-order valence-corrected chi connectivity index (χ2v) is 9.56. The molecule has 35 heavy (non-hydrogen) atoms. The Morgan fingerprint density at radius 2 is 2.11 bits per heavy atom. The van der Waals surface area contributed by atoms with Crippen LogP contribution < -0.4 is 11.1 Å². The van der Waals surface area contributed by atoms with Gasteiger partial charge in [-0.2, -0.15) is 0 Å². The Balaban J connectivity index is 1.67. The number of nitrogen functional groups attached to an aromatic ring is 1. The predicted octanol–water partition coefficient (Wildman–Crippen LogP) is 3.48. The van der Waals surface area contributed by atoms with E-state index in [4.69, 9.17) is 26.9 Å². The molecule has 1 aliphatic carbocycles. The molecule has 0 aliphatic heterocycles. The van der Waals surface area contributed by atoms with Crippen molar-refractivity contribution in [3.05, 3.63) is 41.0 Å². The van der Waals surface area contributed by atoms with E-state index in [1.807, 2.05) is 36.9 Å². The van der Waals surface area contributed by atoms with E-state index < -0.39 is 0 Å². The second-order valence-electron chi connectivity index (χ2n) is 9.13. The minimum Gasteiger partial charge on any atom is -0.379 e. The van der Waals surface area contributed by atoms with Gasteiger partial charge in [-0.25, -0.2) is 9.61 Å². The van der Waals surface area contributed by atoms with E-state index >= 15 is 0 Å². The Kier molecular flexibility index (Phi) is 6.40. The first-order valence-corrected chi connectivity index (χ1v) is 12.0. The molecule has 0 saturated heterocycles. The zero-order chi connectivity index (χ0) is 24.5. The maximum Gasteiger partial charge on any atom is 0.255 e. The number of fused-ring (bicyclic) bond motifs is 1. The number of anilines is 1. The molecule has 1 saturated carbocycles. The van der Waals surface area contributed by atoms with Gasteiger partial charge in [0.1, 0.15) is 5.52 Å². The van der Waals surface area contributed by atoms with E-state index in [9.17, 15) is 4.79 Å². The van der Waals surface area contributed by atoms with Gasteiger partial charge in [-0.3, -0.25) is 9.78 Å². The zero-order valence-corrected chi connectivity index (χ0v) is 20.4. The van der Waals surface area contributed by atoms with Crippen LogP contribution in [0.5, 0.6) is 0 Å². The molecule has 3 N–H and O–H groups in total. The molecule has 1 aromatic carbocycles. The second kappa shape index (κ2) is 9.63. The summed E-state index contributed by atoms with van der Waals surface area (Å²) in [5, 5.41) is 11.3. The number of pyridine rings is 1. The zero-order valence-electron chi connectivity index (χ0n) is 19.7. The van der Waals surface area contributed by atoms with Crippen LogP contribution in [-0.4, -0.2) is 62.8 Å². The van der Waals surface area contributed by atoms with Crippen LogP contribution in [-0.2, 0) is 6.54 Å². The van der Waals surface area contributed by atoms with Gasteiger partial charge in [0, 0.05) is 29.9 Å². The van der Waals surface area contributed by atoms with Crippen molar-refractivity contribution >= 4 is 34.4 Å². The number of nitrogens with zero attached hydrogens (tertiary/aromatic N) is 6. The van der Waals surface area contributed by atoms with Crippen LogP contribution in [0.2, 0.25) is 5.02 Å². The number of halogens is 1. The number of hydrogen-bond donors (Lipinski definition) is 2. The summed E-state index contributed by atoms with van der Waals surface area (Å²) < 4.78 is 6.88. The van der Waals surface area contributed by atoms with Crippen molar-refractivity contribution in [2.24, 2.45) is 5.92 Å². The maximum absolute atomic E-state index is 13.3. The molecule has 11 heteroatoms. The van der Waals surface area contributed by atoms with Crippen LogP contribution in [0.25, 0.3) is 33.8 Å². The first-order valence-electron chi connectivity index (χ1n) is 11.6. The standard InChI is InChI=1S/C24H27ClN8O2/c1-32(2)10-4-9-27-24(34)17-12-28-18(15-5-3-6-16(25)11-15)19-21(17)33(13-14-7-8-14)23(29-19)20-22(26)31-35-30-20/h3,5-6,11-12,14H,4,7-10,13H2,1-2H3,(H2,26,31)(H,27,34). The van der Waals surface area contributed by atoms with Crippen molar-refractivity contribution in [3.63, 3.8) is 0 Å². The van der Waals surface area contributed by atoms with Crippen molar-refractivity contribution in [2.45, 2.75) is 25.8 Å². The number of rotatable bonds is 9. The van der Waals surface area contributed by atoms with E-state index in [0.29, 0.717) is 57.8 Å². The van der Waals surface area contributed by atoms with Crippen LogP contribution in [0.1, 0.15) is 29.6 Å². The average molecular weight is 495 g/mol. The van der Waals surface area contributed by atoms with Gasteiger partial charge in [-0.05, 0) is 68.3 Å². The number of benzene rings is 1. The van der Waals surface area contributed by atoms with Crippen LogP contribution in [0.15, 0.2) is 35.1 Å². The molecule has 3 heterocycles. The van der Waals surface area contributed by atoms with Crippen LogP contribution in [0.3, 0.4) is 0 Å². The molecule has 4 aromatic rings. The molecule has 1 aliphatic rings. The van der Waals surface area contributed by atoms with Crippen LogP contribution >= 0.6 is 11.6 Å². The minimum atomic E-state index is -0.200. The summed E-state index contributed by atoms with van der Waals surface area (Å²) in [7, 11) is 4.01. The van der Waals surface area contributed by atoms with Gasteiger partial charge in [0.15, 0.2) is 17.3 Å². The Hall–Kier alpha value is -3.50. The summed E-state index contributed by atoms with van der Waals surface area (Å²) in [5.41, 5.74) is 9.52. The fourth-order valence-electron chi connectivity index (χ4n) is 4.12. The first kappa shape index (κ1) is 23.3. The van der Waals surface area contributed by atoms with Crippen LogP contribution in [0.4, 0.5) is 5.82 Å². The third-order valence-electron chi connectivity index (χ3n) is 6.04. The Bertz CT molecular complexity index is 1380. The number of carbonyl (C=O) groups excluding carboxylic acids is 1. The highest BCUT2D eigenvalue weighted by atomic mass is 35.5. The molecule has 0 radical (unpaired) electrons. The number of carbonyl (C=O) groups is 1. The first-order chi connectivity index (χ1) is 16.9. The fourth-order valence-corrected chi connectivity index (χ4v) is 4.31. The van der Waals surface area contributed by atoms with Crippen molar-refractivity contribution in [2.75, 3.05) is 32.9 Å². The SMILES string of the molecule is CN(C)CCCNC(=O)c1cnc(-c2cccc(Cl)c2)c2nc(-c3nonc3N)n(CC3CC3)c12. The molecular weight excluding hydrogens is 468 g/mol. The summed E-state index contributed by atoms with van der Waals surface area (Å²) >= 11 is 6.27. The molecule has 0 unspecified atom stereocenters. The van der Waals surface area contributed by atoms with Gasteiger partial charge in [0.2, 0.25) is 0 Å². The van der Waals surface area contributed by atoms with E-state index in [0.717, 1.165) is 31.4 Å². The third kappa shape index (κ3) is 4.85. The van der Waals surface area contributed by atoms with E-state index in [1.54, 1.807) is 12.3 Å². The van der Waals surface area contributed by atoms with E-state index in [-0.39, 0.29) is 11.7 Å². The van der Waals surface area contributed by atoms with Gasteiger partial charge in [-0.1, -0.05) is 23.7 Å². The maximum atomic E-state index is 13.3. The lowest BCUT2D eigenvalue weighted by molar-refractivity contribution is 0.0953.